The Morgan fingerprint density at radius 1 is 1.17 bits per heavy atom. The number of carbonyl (C=O) groups is 3. The first kappa shape index (κ1) is 25.7. The van der Waals surface area contributed by atoms with E-state index in [-0.39, 0.29) is 24.5 Å². The summed E-state index contributed by atoms with van der Waals surface area (Å²) in [7, 11) is 1.56. The minimum absolute atomic E-state index is 0.0279. The number of guanidine groups is 1. The summed E-state index contributed by atoms with van der Waals surface area (Å²) in [6, 6.07) is 0. The molecule has 1 unspecified atom stereocenters. The highest BCUT2D eigenvalue weighted by molar-refractivity contribution is 6.01. The summed E-state index contributed by atoms with van der Waals surface area (Å²) in [5, 5.41) is 2.64. The molecule has 1 N–H and O–H groups in total. The van der Waals surface area contributed by atoms with Gasteiger partial charge < -0.3 is 14.4 Å². The Hall–Kier alpha value is -2.38. The van der Waals surface area contributed by atoms with Gasteiger partial charge in [0.1, 0.15) is 18.2 Å². The monoisotopic (exact) mass is 423 g/mol. The molecular weight excluding hydrogens is 386 g/mol. The largest absolute Gasteiger partial charge is 0.461 e. The lowest BCUT2D eigenvalue weighted by molar-refractivity contribution is -0.148. The van der Waals surface area contributed by atoms with Gasteiger partial charge in [-0.05, 0) is 47.0 Å². The van der Waals surface area contributed by atoms with Gasteiger partial charge in [-0.25, -0.2) is 4.79 Å². The number of carbonyl (C=O) groups excluding carboxylic acids is 3. The molecule has 8 nitrogen and oxygen atoms in total. The molecule has 0 spiro atoms. The van der Waals surface area contributed by atoms with Gasteiger partial charge in [0.25, 0.3) is 0 Å². The SMILES string of the molecule is CC1C/C=C/CCCCCCCC(=O)NC(=NC(=O)OC(C)(C)C)N(C)CC(=O)O1. The second-order valence-electron chi connectivity index (χ2n) is 8.63. The molecule has 0 aromatic carbocycles. The lowest BCUT2D eigenvalue weighted by Gasteiger charge is -2.23. The lowest BCUT2D eigenvalue weighted by atomic mass is 10.1. The van der Waals surface area contributed by atoms with Crippen LogP contribution < -0.4 is 5.32 Å². The number of nitrogens with zero attached hydrogens (tertiary/aromatic N) is 2. The predicted octanol–water partition coefficient (Wildman–Crippen LogP) is 3.95. The first-order chi connectivity index (χ1) is 14.1. The molecule has 1 aliphatic rings. The third-order valence-electron chi connectivity index (χ3n) is 4.31. The van der Waals surface area contributed by atoms with Gasteiger partial charge in [-0.2, -0.15) is 0 Å². The number of nitrogens with one attached hydrogen (secondary N) is 1. The average molecular weight is 424 g/mol. The summed E-state index contributed by atoms with van der Waals surface area (Å²) in [4.78, 5) is 42.0. The van der Waals surface area contributed by atoms with Crippen LogP contribution in [0.3, 0.4) is 0 Å². The van der Waals surface area contributed by atoms with Crippen molar-refractivity contribution in [2.75, 3.05) is 13.6 Å². The quantitative estimate of drug-likeness (QED) is 0.468. The molecule has 0 aromatic rings. The molecule has 0 saturated carbocycles. The molecular formula is C22H37N3O5. The van der Waals surface area contributed by atoms with Crippen molar-refractivity contribution in [2.45, 2.75) is 90.8 Å². The maximum Gasteiger partial charge on any atom is 0.437 e. The van der Waals surface area contributed by atoms with Gasteiger partial charge in [0, 0.05) is 19.9 Å². The topological polar surface area (TPSA) is 97.3 Å². The molecule has 1 atom stereocenters. The van der Waals surface area contributed by atoms with Gasteiger partial charge in [-0.15, -0.1) is 4.99 Å². The van der Waals surface area contributed by atoms with Crippen LogP contribution in [0.5, 0.6) is 0 Å². The van der Waals surface area contributed by atoms with Crippen molar-refractivity contribution in [3.8, 4) is 0 Å². The van der Waals surface area contributed by atoms with Crippen molar-refractivity contribution in [1.29, 1.82) is 0 Å². The summed E-state index contributed by atoms with van der Waals surface area (Å²) >= 11 is 0. The highest BCUT2D eigenvalue weighted by Crippen LogP contribution is 2.10. The Labute approximate surface area is 180 Å². The molecule has 1 aliphatic heterocycles. The zero-order valence-corrected chi connectivity index (χ0v) is 19.0. The van der Waals surface area contributed by atoms with Gasteiger partial charge in [0.05, 0.1) is 0 Å². The minimum atomic E-state index is -0.835. The van der Waals surface area contributed by atoms with E-state index in [4.69, 9.17) is 9.47 Å². The third kappa shape index (κ3) is 12.2. The predicted molar refractivity (Wildman–Crippen MR) is 116 cm³/mol. The summed E-state index contributed by atoms with van der Waals surface area (Å²) in [6.45, 7) is 6.85. The van der Waals surface area contributed by atoms with Crippen LogP contribution in [0, 0.1) is 0 Å². The first-order valence-electron chi connectivity index (χ1n) is 10.7. The highest BCUT2D eigenvalue weighted by Gasteiger charge is 2.21. The van der Waals surface area contributed by atoms with Crippen molar-refractivity contribution < 1.29 is 23.9 Å². The maximum atomic E-state index is 12.3. The normalized spacial score (nSPS) is 23.7. The second-order valence-corrected chi connectivity index (χ2v) is 8.63. The number of hydrogen-bond acceptors (Lipinski definition) is 5. The van der Waals surface area contributed by atoms with Crippen LogP contribution in [0.25, 0.3) is 0 Å². The van der Waals surface area contributed by atoms with E-state index in [1.807, 2.05) is 13.0 Å². The molecule has 0 radical (unpaired) electrons. The molecule has 1 rings (SSSR count). The maximum absolute atomic E-state index is 12.3. The molecule has 0 fully saturated rings. The molecule has 8 heteroatoms. The van der Waals surface area contributed by atoms with Crippen molar-refractivity contribution >= 4 is 23.9 Å². The van der Waals surface area contributed by atoms with Gasteiger partial charge in [-0.1, -0.05) is 31.4 Å². The lowest BCUT2D eigenvalue weighted by Crippen LogP contribution is -2.45. The molecule has 1 heterocycles. The Morgan fingerprint density at radius 2 is 1.83 bits per heavy atom. The van der Waals surface area contributed by atoms with E-state index in [0.29, 0.717) is 12.8 Å². The average Bonchev–Trinajstić information content (AvgIpc) is 2.60. The van der Waals surface area contributed by atoms with Crippen molar-refractivity contribution in [2.24, 2.45) is 4.99 Å². The number of rotatable bonds is 0. The number of allylic oxidation sites excluding steroid dienone is 1. The molecule has 0 saturated heterocycles. The fourth-order valence-corrected chi connectivity index (χ4v) is 2.83. The van der Waals surface area contributed by atoms with Crippen LogP contribution in [0.15, 0.2) is 17.1 Å². The van der Waals surface area contributed by atoms with Crippen LogP contribution in [0.4, 0.5) is 4.79 Å². The molecule has 0 aromatic heterocycles. The van der Waals surface area contributed by atoms with E-state index in [9.17, 15) is 14.4 Å². The standard InChI is InChI=1S/C22H37N3O5/c1-17-14-12-10-8-6-7-9-11-13-15-18(26)23-20(25(5)16-19(27)29-17)24-21(28)30-22(2,3)4/h10,12,17H,6-9,11,13-16H2,1-5H3,(H,23,24,26,28)/b12-10+. The van der Waals surface area contributed by atoms with Crippen LogP contribution in [0.2, 0.25) is 0 Å². The number of amides is 2. The Balaban J connectivity index is 2.91. The molecule has 0 bridgehead atoms. The van der Waals surface area contributed by atoms with E-state index in [1.54, 1.807) is 27.8 Å². The number of cyclic esters (lactones) is 1. The van der Waals surface area contributed by atoms with Gasteiger partial charge in [-0.3, -0.25) is 14.9 Å². The van der Waals surface area contributed by atoms with E-state index >= 15 is 0 Å². The minimum Gasteiger partial charge on any atom is -0.461 e. The number of aliphatic imine (C=N–C) groups is 1. The van der Waals surface area contributed by atoms with Crippen LogP contribution in [-0.2, 0) is 19.1 Å². The third-order valence-corrected chi connectivity index (χ3v) is 4.31. The highest BCUT2D eigenvalue weighted by atomic mass is 16.6. The van der Waals surface area contributed by atoms with Crippen molar-refractivity contribution in [3.05, 3.63) is 12.2 Å². The van der Waals surface area contributed by atoms with E-state index in [1.165, 1.54) is 4.90 Å². The number of esters is 1. The van der Waals surface area contributed by atoms with Gasteiger partial charge >= 0.3 is 12.1 Å². The van der Waals surface area contributed by atoms with Gasteiger partial charge in [0.2, 0.25) is 11.9 Å². The Kier molecular flexibility index (Phi) is 11.1. The van der Waals surface area contributed by atoms with Crippen LogP contribution in [-0.4, -0.2) is 54.1 Å². The van der Waals surface area contributed by atoms with Crippen LogP contribution >= 0.6 is 0 Å². The second kappa shape index (κ2) is 13.0. The zero-order chi connectivity index (χ0) is 22.6. The fraction of sp³-hybridized carbons (Fsp3) is 0.727. The van der Waals surface area contributed by atoms with E-state index < -0.39 is 17.7 Å². The molecule has 170 valence electrons. The Bertz CT molecular complexity index is 637. The summed E-state index contributed by atoms with van der Waals surface area (Å²) in [5.41, 5.74) is -0.721. The number of ether oxygens (including phenoxy) is 2. The first-order valence-corrected chi connectivity index (χ1v) is 10.7. The van der Waals surface area contributed by atoms with Crippen molar-refractivity contribution in [3.63, 3.8) is 0 Å². The van der Waals surface area contributed by atoms with E-state index in [2.05, 4.69) is 16.4 Å². The Morgan fingerprint density at radius 3 is 2.53 bits per heavy atom. The van der Waals surface area contributed by atoms with Crippen LogP contribution in [0.1, 0.15) is 79.1 Å². The fourth-order valence-electron chi connectivity index (χ4n) is 2.83. The molecule has 2 amide bonds. The number of hydrogen-bond donors (Lipinski definition) is 1. The summed E-state index contributed by atoms with van der Waals surface area (Å²) in [5.74, 6) is -0.750. The summed E-state index contributed by atoms with van der Waals surface area (Å²) < 4.78 is 10.6. The van der Waals surface area contributed by atoms with Gasteiger partial charge in [0.15, 0.2) is 0 Å². The number of likely N-dealkylation sites (N-methyl/N-ethyl adjacent to an activating group) is 1. The van der Waals surface area contributed by atoms with E-state index in [0.717, 1.165) is 38.5 Å². The summed E-state index contributed by atoms with van der Waals surface area (Å²) in [6.07, 6.45) is 10.1. The molecule has 0 aliphatic carbocycles. The zero-order valence-electron chi connectivity index (χ0n) is 19.0. The van der Waals surface area contributed by atoms with Crippen molar-refractivity contribution in [1.82, 2.24) is 10.2 Å². The smallest absolute Gasteiger partial charge is 0.437 e. The molecule has 30 heavy (non-hydrogen) atoms.